The number of ether oxygens (including phenoxy) is 1. The lowest BCUT2D eigenvalue weighted by atomic mass is 9.59. The van der Waals surface area contributed by atoms with Gasteiger partial charge in [-0.25, -0.2) is 0 Å². The number of carbonyl (C=O) groups is 4. The number of nitrogens with zero attached hydrogens (tertiary/aromatic N) is 2. The maximum absolute atomic E-state index is 14.1. The molecule has 2 aromatic carbocycles. The molecule has 0 bridgehead atoms. The van der Waals surface area contributed by atoms with E-state index in [1.54, 1.807) is 26.0 Å². The molecular weight excluding hydrogens is 532 g/mol. The number of rotatable bonds is 3. The van der Waals surface area contributed by atoms with E-state index in [-0.39, 0.29) is 41.5 Å². The van der Waals surface area contributed by atoms with Crippen molar-refractivity contribution in [2.45, 2.75) is 32.6 Å². The number of allylic oxidation sites excluding steroid dienone is 6. The Morgan fingerprint density at radius 1 is 0.881 bits per heavy atom. The minimum atomic E-state index is -0.624. The average Bonchev–Trinajstić information content (AvgIpc) is 3.26. The van der Waals surface area contributed by atoms with Crippen molar-refractivity contribution in [2.24, 2.45) is 17.8 Å². The molecule has 2 aromatic rings. The monoisotopic (exact) mass is 564 g/mol. The normalized spacial score (nSPS) is 27.5. The summed E-state index contributed by atoms with van der Waals surface area (Å²) in [6.45, 7) is 6.35. The quantitative estimate of drug-likeness (QED) is 0.339. The summed E-state index contributed by atoms with van der Waals surface area (Å²) >= 11 is 0. The van der Waals surface area contributed by atoms with Gasteiger partial charge in [-0.2, -0.15) is 0 Å². The molecule has 2 saturated heterocycles. The predicted octanol–water partition coefficient (Wildman–Crippen LogP) is 4.17. The predicted molar refractivity (Wildman–Crippen MR) is 156 cm³/mol. The highest BCUT2D eigenvalue weighted by atomic mass is 16.5. The number of benzene rings is 2. The second kappa shape index (κ2) is 9.91. The van der Waals surface area contributed by atoms with Crippen LogP contribution in [-0.4, -0.2) is 54.8 Å². The lowest BCUT2D eigenvalue weighted by Gasteiger charge is -2.42. The van der Waals surface area contributed by atoms with Gasteiger partial charge in [-0.3, -0.25) is 24.1 Å². The van der Waals surface area contributed by atoms with E-state index in [0.717, 1.165) is 29.9 Å². The minimum absolute atomic E-state index is 0.145. The Labute approximate surface area is 243 Å². The van der Waals surface area contributed by atoms with Crippen LogP contribution in [0.3, 0.4) is 0 Å². The highest BCUT2D eigenvalue weighted by Crippen LogP contribution is 2.55. The van der Waals surface area contributed by atoms with Crippen LogP contribution in [0.15, 0.2) is 76.9 Å². The van der Waals surface area contributed by atoms with Gasteiger partial charge in [0, 0.05) is 41.4 Å². The van der Waals surface area contributed by atoms with E-state index in [0.29, 0.717) is 47.6 Å². The second-order valence-corrected chi connectivity index (χ2v) is 11.9. The third kappa shape index (κ3) is 4.00. The van der Waals surface area contributed by atoms with E-state index in [9.17, 15) is 24.3 Å². The van der Waals surface area contributed by atoms with Gasteiger partial charge < -0.3 is 14.7 Å². The topological polar surface area (TPSA) is 104 Å². The number of phenolic OH excluding ortho intramolecular Hbond substituents is 1. The summed E-state index contributed by atoms with van der Waals surface area (Å²) in [6.07, 6.45) is 4.03. The van der Waals surface area contributed by atoms with Gasteiger partial charge in [0.1, 0.15) is 5.75 Å². The number of aromatic hydroxyl groups is 1. The fourth-order valence-corrected chi connectivity index (χ4v) is 7.49. The van der Waals surface area contributed by atoms with Crippen molar-refractivity contribution in [2.75, 3.05) is 36.1 Å². The van der Waals surface area contributed by atoms with Gasteiger partial charge in [-0.15, -0.1) is 0 Å². The number of morpholine rings is 1. The zero-order chi connectivity index (χ0) is 29.3. The van der Waals surface area contributed by atoms with Gasteiger partial charge in [0.25, 0.3) is 0 Å². The van der Waals surface area contributed by atoms with Crippen LogP contribution in [0.5, 0.6) is 5.75 Å². The number of phenols is 1. The van der Waals surface area contributed by atoms with Crippen LogP contribution in [0.25, 0.3) is 0 Å². The molecule has 214 valence electrons. The van der Waals surface area contributed by atoms with E-state index in [1.165, 1.54) is 11.0 Å². The summed E-state index contributed by atoms with van der Waals surface area (Å²) in [6, 6.07) is 12.8. The van der Waals surface area contributed by atoms with Gasteiger partial charge in [-0.1, -0.05) is 23.8 Å². The number of fused-ring (bicyclic) bond motifs is 3. The molecule has 0 radical (unpaired) electrons. The molecule has 4 unspecified atom stereocenters. The molecule has 0 saturated carbocycles. The number of hydrogen-bond donors (Lipinski definition) is 1. The standard InChI is InChI=1S/C34H32N2O6/c1-18-15-20(3-10-27(18)37)29-23-8-9-24-30(25(23)17-26-28(38)16-19(2)32(39)31(26)29)34(41)36(33(24)40)22-6-4-21(5-7-22)35-11-13-42-14-12-35/h3-8,10,15-16,24-25,29-30,37H,9,11-14,17H2,1-2H3. The lowest BCUT2D eigenvalue weighted by molar-refractivity contribution is -0.123. The van der Waals surface area contributed by atoms with Gasteiger partial charge >= 0.3 is 0 Å². The van der Waals surface area contributed by atoms with Crippen molar-refractivity contribution in [3.05, 3.63) is 88.0 Å². The van der Waals surface area contributed by atoms with Gasteiger partial charge in [0.15, 0.2) is 11.6 Å². The number of ketones is 2. The van der Waals surface area contributed by atoms with Crippen molar-refractivity contribution < 1.29 is 29.0 Å². The maximum atomic E-state index is 14.1. The zero-order valence-electron chi connectivity index (χ0n) is 23.6. The average molecular weight is 565 g/mol. The summed E-state index contributed by atoms with van der Waals surface area (Å²) in [7, 11) is 0. The van der Waals surface area contributed by atoms with Crippen molar-refractivity contribution in [1.29, 1.82) is 0 Å². The Hall–Kier alpha value is -4.30. The largest absolute Gasteiger partial charge is 0.508 e. The number of aryl methyl sites for hydroxylation is 1. The number of carbonyl (C=O) groups excluding carboxylic acids is 4. The SMILES string of the molecule is CC1=CC(=O)C2=C(C1=O)C(c1ccc(O)c(C)c1)C1=CCC3C(=O)N(c4ccc(N5CCOCC5)cc4)C(=O)C3C1C2. The second-order valence-electron chi connectivity index (χ2n) is 11.9. The van der Waals surface area contributed by atoms with E-state index < -0.39 is 17.8 Å². The molecule has 4 atom stereocenters. The summed E-state index contributed by atoms with van der Waals surface area (Å²) < 4.78 is 5.45. The van der Waals surface area contributed by atoms with Crippen LogP contribution in [0.1, 0.15) is 36.8 Å². The Morgan fingerprint density at radius 2 is 1.60 bits per heavy atom. The molecule has 42 heavy (non-hydrogen) atoms. The van der Waals surface area contributed by atoms with Crippen molar-refractivity contribution in [3.8, 4) is 5.75 Å². The Kier molecular flexibility index (Phi) is 6.27. The van der Waals surface area contributed by atoms with Crippen molar-refractivity contribution in [1.82, 2.24) is 0 Å². The molecule has 7 rings (SSSR count). The third-order valence-electron chi connectivity index (χ3n) is 9.60. The summed E-state index contributed by atoms with van der Waals surface area (Å²) in [5.74, 6) is -2.78. The molecule has 2 amide bonds. The first-order valence-corrected chi connectivity index (χ1v) is 14.5. The summed E-state index contributed by atoms with van der Waals surface area (Å²) in [5, 5.41) is 10.2. The summed E-state index contributed by atoms with van der Waals surface area (Å²) in [5.41, 5.74) is 5.19. The highest BCUT2D eigenvalue weighted by molar-refractivity contribution is 6.25. The first-order valence-electron chi connectivity index (χ1n) is 14.5. The number of amides is 2. The van der Waals surface area contributed by atoms with Gasteiger partial charge in [-0.05, 0) is 80.1 Å². The van der Waals surface area contributed by atoms with Crippen molar-refractivity contribution >= 4 is 34.8 Å². The highest BCUT2D eigenvalue weighted by Gasteiger charge is 2.56. The first-order chi connectivity index (χ1) is 20.2. The molecule has 3 aliphatic carbocycles. The fraction of sp³-hybridized carbons (Fsp3) is 0.353. The Morgan fingerprint density at radius 3 is 2.31 bits per heavy atom. The van der Waals surface area contributed by atoms with Gasteiger partial charge in [0.05, 0.1) is 30.7 Å². The molecule has 8 nitrogen and oxygen atoms in total. The Bertz CT molecular complexity index is 1640. The van der Waals surface area contributed by atoms with Crippen LogP contribution >= 0.6 is 0 Å². The van der Waals surface area contributed by atoms with Gasteiger partial charge in [0.2, 0.25) is 11.8 Å². The van der Waals surface area contributed by atoms with Crippen LogP contribution < -0.4 is 9.80 Å². The first kappa shape index (κ1) is 26.6. The van der Waals surface area contributed by atoms with Crippen LogP contribution in [-0.2, 0) is 23.9 Å². The lowest BCUT2D eigenvalue weighted by Crippen LogP contribution is -2.39. The smallest absolute Gasteiger partial charge is 0.238 e. The maximum Gasteiger partial charge on any atom is 0.238 e. The molecule has 0 spiro atoms. The summed E-state index contributed by atoms with van der Waals surface area (Å²) in [4.78, 5) is 58.3. The van der Waals surface area contributed by atoms with Crippen LogP contribution in [0, 0.1) is 24.7 Å². The van der Waals surface area contributed by atoms with E-state index in [4.69, 9.17) is 4.74 Å². The van der Waals surface area contributed by atoms with E-state index >= 15 is 0 Å². The number of anilines is 2. The van der Waals surface area contributed by atoms with Crippen LogP contribution in [0.2, 0.25) is 0 Å². The molecule has 2 heterocycles. The molecule has 2 aliphatic heterocycles. The molecule has 8 heteroatoms. The Balaban J connectivity index is 1.27. The molecule has 1 N–H and O–H groups in total. The van der Waals surface area contributed by atoms with Crippen LogP contribution in [0.4, 0.5) is 11.4 Å². The number of Topliss-reactive ketones (excluding diaryl/α,β-unsaturated/α-hetero) is 1. The molecule has 0 aromatic heterocycles. The van der Waals surface area contributed by atoms with E-state index in [2.05, 4.69) is 4.90 Å². The fourth-order valence-electron chi connectivity index (χ4n) is 7.49. The molecular formula is C34H32N2O6. The number of hydrogen-bond acceptors (Lipinski definition) is 7. The van der Waals surface area contributed by atoms with E-state index in [1.807, 2.05) is 36.4 Å². The minimum Gasteiger partial charge on any atom is -0.508 e. The van der Waals surface area contributed by atoms with Crippen molar-refractivity contribution in [3.63, 3.8) is 0 Å². The zero-order valence-corrected chi connectivity index (χ0v) is 23.6. The third-order valence-corrected chi connectivity index (χ3v) is 9.60. The number of imide groups is 1. The molecule has 2 fully saturated rings. The molecule has 5 aliphatic rings.